The van der Waals surface area contributed by atoms with E-state index in [0.29, 0.717) is 5.82 Å². The number of nitrogens with one attached hydrogen (secondary N) is 1. The summed E-state index contributed by atoms with van der Waals surface area (Å²) in [4.78, 5) is 0. The van der Waals surface area contributed by atoms with Crippen molar-refractivity contribution in [3.63, 3.8) is 0 Å². The minimum Gasteiger partial charge on any atom is -0.361 e. The number of hydrogen-bond acceptors (Lipinski definition) is 4. The van der Waals surface area contributed by atoms with Crippen LogP contribution in [0.4, 0.5) is 10.2 Å². The minimum atomic E-state index is -0.260. The summed E-state index contributed by atoms with van der Waals surface area (Å²) in [5.41, 5.74) is 1.14. The maximum absolute atomic E-state index is 13.1. The highest BCUT2D eigenvalue weighted by Gasteiger charge is 2.26. The van der Waals surface area contributed by atoms with Gasteiger partial charge in [-0.2, -0.15) is 5.26 Å². The third-order valence-electron chi connectivity index (χ3n) is 3.14. The van der Waals surface area contributed by atoms with Crippen LogP contribution in [0.1, 0.15) is 38.1 Å². The van der Waals surface area contributed by atoms with Crippen molar-refractivity contribution in [2.75, 3.05) is 5.32 Å². The van der Waals surface area contributed by atoms with Crippen LogP contribution in [0.15, 0.2) is 36.4 Å². The lowest BCUT2D eigenvalue weighted by Gasteiger charge is -2.32. The highest BCUT2D eigenvalue weighted by atomic mass is 19.1. The van der Waals surface area contributed by atoms with Crippen LogP contribution >= 0.6 is 0 Å². The van der Waals surface area contributed by atoms with Crippen LogP contribution in [-0.4, -0.2) is 10.2 Å². The third kappa shape index (κ3) is 3.76. The standard InChI is InChI=1S/C16H17FN4/c1-16(2,3)15(11-4-6-12(17)7-5-11)19-14-9-8-13(10-18)20-21-14/h4-9,15H,1-3H3,(H,19,21). The van der Waals surface area contributed by atoms with Gasteiger partial charge in [-0.25, -0.2) is 4.39 Å². The molecule has 1 N–H and O–H groups in total. The van der Waals surface area contributed by atoms with E-state index in [1.54, 1.807) is 24.3 Å². The summed E-state index contributed by atoms with van der Waals surface area (Å²) in [7, 11) is 0. The molecule has 108 valence electrons. The van der Waals surface area contributed by atoms with Crippen molar-refractivity contribution < 1.29 is 4.39 Å². The van der Waals surface area contributed by atoms with Gasteiger partial charge in [0.2, 0.25) is 0 Å². The van der Waals surface area contributed by atoms with Crippen molar-refractivity contribution in [2.45, 2.75) is 26.8 Å². The molecule has 1 aromatic heterocycles. The molecule has 0 spiro atoms. The second-order valence-corrected chi connectivity index (χ2v) is 5.91. The predicted molar refractivity (Wildman–Crippen MR) is 79.0 cm³/mol. The van der Waals surface area contributed by atoms with Gasteiger partial charge < -0.3 is 5.32 Å². The molecule has 0 saturated heterocycles. The number of halogens is 1. The molecule has 0 aliphatic heterocycles. The van der Waals surface area contributed by atoms with Crippen molar-refractivity contribution in [3.05, 3.63) is 53.5 Å². The van der Waals surface area contributed by atoms with Crippen LogP contribution in [0, 0.1) is 22.6 Å². The topological polar surface area (TPSA) is 61.6 Å². The predicted octanol–water partition coefficient (Wildman–Crippen LogP) is 3.69. The van der Waals surface area contributed by atoms with Gasteiger partial charge in [-0.1, -0.05) is 32.9 Å². The summed E-state index contributed by atoms with van der Waals surface area (Å²) < 4.78 is 13.1. The summed E-state index contributed by atoms with van der Waals surface area (Å²) in [6, 6.07) is 11.6. The largest absolute Gasteiger partial charge is 0.361 e. The van der Waals surface area contributed by atoms with Crippen LogP contribution in [0.25, 0.3) is 0 Å². The minimum absolute atomic E-state index is 0.0552. The first kappa shape index (κ1) is 14.9. The Morgan fingerprint density at radius 1 is 1.10 bits per heavy atom. The fraction of sp³-hybridized carbons (Fsp3) is 0.312. The highest BCUT2D eigenvalue weighted by Crippen LogP contribution is 2.35. The van der Waals surface area contributed by atoms with Gasteiger partial charge >= 0.3 is 0 Å². The molecule has 0 bridgehead atoms. The molecule has 1 aromatic carbocycles. The molecular weight excluding hydrogens is 267 g/mol. The zero-order chi connectivity index (χ0) is 15.5. The Balaban J connectivity index is 2.28. The van der Waals surface area contributed by atoms with Gasteiger partial charge in [-0.3, -0.25) is 0 Å². The molecular formula is C16H17FN4. The molecule has 0 fully saturated rings. The van der Waals surface area contributed by atoms with Crippen LogP contribution in [-0.2, 0) is 0 Å². The molecule has 0 radical (unpaired) electrons. The quantitative estimate of drug-likeness (QED) is 0.933. The van der Waals surface area contributed by atoms with E-state index in [4.69, 9.17) is 5.26 Å². The van der Waals surface area contributed by atoms with Crippen molar-refractivity contribution in [2.24, 2.45) is 5.41 Å². The normalized spacial score (nSPS) is 12.5. The molecule has 1 atom stereocenters. The van der Waals surface area contributed by atoms with E-state index in [9.17, 15) is 4.39 Å². The second-order valence-electron chi connectivity index (χ2n) is 5.91. The Morgan fingerprint density at radius 2 is 1.76 bits per heavy atom. The molecule has 1 heterocycles. The van der Waals surface area contributed by atoms with Gasteiger partial charge in [-0.05, 0) is 35.2 Å². The molecule has 0 aliphatic rings. The van der Waals surface area contributed by atoms with E-state index in [2.05, 4.69) is 36.3 Å². The van der Waals surface area contributed by atoms with E-state index in [0.717, 1.165) is 5.56 Å². The van der Waals surface area contributed by atoms with Crippen LogP contribution in [0.3, 0.4) is 0 Å². The first-order chi connectivity index (χ1) is 9.90. The summed E-state index contributed by atoms with van der Waals surface area (Å²) in [6.45, 7) is 6.27. The summed E-state index contributed by atoms with van der Waals surface area (Å²) in [5.74, 6) is 0.322. The molecule has 2 aromatic rings. The lowest BCUT2D eigenvalue weighted by Crippen LogP contribution is -2.26. The Kier molecular flexibility index (Phi) is 4.18. The number of hydrogen-bond donors (Lipinski definition) is 1. The summed E-state index contributed by atoms with van der Waals surface area (Å²) in [6.07, 6.45) is 0. The van der Waals surface area contributed by atoms with E-state index in [-0.39, 0.29) is 23.0 Å². The fourth-order valence-corrected chi connectivity index (χ4v) is 2.07. The maximum atomic E-state index is 13.1. The van der Waals surface area contributed by atoms with E-state index >= 15 is 0 Å². The van der Waals surface area contributed by atoms with Gasteiger partial charge in [0.1, 0.15) is 17.7 Å². The fourth-order valence-electron chi connectivity index (χ4n) is 2.07. The smallest absolute Gasteiger partial charge is 0.163 e. The Hall–Kier alpha value is -2.48. The van der Waals surface area contributed by atoms with Crippen molar-refractivity contribution in [3.8, 4) is 6.07 Å². The van der Waals surface area contributed by atoms with Gasteiger partial charge in [0.25, 0.3) is 0 Å². The Bertz CT molecular complexity index is 636. The molecule has 0 aliphatic carbocycles. The zero-order valence-electron chi connectivity index (χ0n) is 12.3. The van der Waals surface area contributed by atoms with E-state index in [1.165, 1.54) is 12.1 Å². The van der Waals surface area contributed by atoms with E-state index in [1.807, 2.05) is 6.07 Å². The molecule has 0 saturated carbocycles. The summed E-state index contributed by atoms with van der Waals surface area (Å²) >= 11 is 0. The molecule has 0 amide bonds. The number of benzene rings is 1. The van der Waals surface area contributed by atoms with Crippen LogP contribution in [0.5, 0.6) is 0 Å². The van der Waals surface area contributed by atoms with Crippen molar-refractivity contribution >= 4 is 5.82 Å². The highest BCUT2D eigenvalue weighted by molar-refractivity contribution is 5.40. The number of anilines is 1. The zero-order valence-corrected chi connectivity index (χ0v) is 12.3. The van der Waals surface area contributed by atoms with Gasteiger partial charge in [0.15, 0.2) is 5.69 Å². The van der Waals surface area contributed by atoms with Crippen LogP contribution in [0.2, 0.25) is 0 Å². The third-order valence-corrected chi connectivity index (χ3v) is 3.14. The lowest BCUT2D eigenvalue weighted by atomic mass is 9.82. The average Bonchev–Trinajstić information content (AvgIpc) is 2.45. The SMILES string of the molecule is CC(C)(C)C(Nc1ccc(C#N)nn1)c1ccc(F)cc1. The van der Waals surface area contributed by atoms with Gasteiger partial charge in [0.05, 0.1) is 6.04 Å². The van der Waals surface area contributed by atoms with Gasteiger partial charge in [0, 0.05) is 0 Å². The molecule has 2 rings (SSSR count). The van der Waals surface area contributed by atoms with Crippen LogP contribution < -0.4 is 5.32 Å². The first-order valence-electron chi connectivity index (χ1n) is 6.66. The summed E-state index contributed by atoms with van der Waals surface area (Å²) in [5, 5.41) is 19.8. The van der Waals surface area contributed by atoms with E-state index < -0.39 is 0 Å². The monoisotopic (exact) mass is 284 g/mol. The molecule has 5 heteroatoms. The number of aromatic nitrogens is 2. The Morgan fingerprint density at radius 3 is 2.24 bits per heavy atom. The average molecular weight is 284 g/mol. The first-order valence-corrected chi connectivity index (χ1v) is 6.66. The second kappa shape index (κ2) is 5.88. The molecule has 21 heavy (non-hydrogen) atoms. The van der Waals surface area contributed by atoms with Crippen molar-refractivity contribution in [1.82, 2.24) is 10.2 Å². The number of nitrogens with zero attached hydrogens (tertiary/aromatic N) is 3. The maximum Gasteiger partial charge on any atom is 0.163 e. The Labute approximate surface area is 123 Å². The lowest BCUT2D eigenvalue weighted by molar-refractivity contribution is 0.346. The molecule has 1 unspecified atom stereocenters. The van der Waals surface area contributed by atoms with Gasteiger partial charge in [-0.15, -0.1) is 10.2 Å². The number of rotatable bonds is 3. The van der Waals surface area contributed by atoms with Crippen molar-refractivity contribution in [1.29, 1.82) is 5.26 Å². The number of nitriles is 1. The molecule has 4 nitrogen and oxygen atoms in total.